The molecule has 0 saturated carbocycles. The Kier molecular flexibility index (Phi) is 5.78. The number of anilines is 2. The number of para-hydroxylation sites is 1. The van der Waals surface area contributed by atoms with Gasteiger partial charge in [-0.15, -0.1) is 11.3 Å². The Morgan fingerprint density at radius 1 is 1.12 bits per heavy atom. The van der Waals surface area contributed by atoms with Gasteiger partial charge in [0.1, 0.15) is 4.90 Å². The number of nitrogens with one attached hydrogen (secondary N) is 2. The first-order valence-corrected chi connectivity index (χ1v) is 11.0. The van der Waals surface area contributed by atoms with Gasteiger partial charge >= 0.3 is 0 Å². The van der Waals surface area contributed by atoms with Gasteiger partial charge in [-0.3, -0.25) is 0 Å². The van der Waals surface area contributed by atoms with Crippen LogP contribution in [0.4, 0.5) is 10.7 Å². The standard InChI is InChI=1S/C18H25N3O2S2/c1-14(2)21-11-9-15(10-12-21)20-25(22,23)17-7-4-3-6-16(17)19-18-8-5-13-24-18/h3-8,13-15,19-20H,9-12H2,1-2H3. The van der Waals surface area contributed by atoms with Crippen LogP contribution >= 0.6 is 11.3 Å². The van der Waals surface area contributed by atoms with Crippen LogP contribution in [0, 0.1) is 0 Å². The Bertz CT molecular complexity index is 780. The Morgan fingerprint density at radius 2 is 1.84 bits per heavy atom. The molecule has 1 aliphatic heterocycles. The van der Waals surface area contributed by atoms with Crippen molar-refractivity contribution in [1.29, 1.82) is 0 Å². The largest absolute Gasteiger partial charge is 0.346 e. The highest BCUT2D eigenvalue weighted by molar-refractivity contribution is 7.89. The van der Waals surface area contributed by atoms with Crippen molar-refractivity contribution >= 4 is 32.0 Å². The van der Waals surface area contributed by atoms with Crippen molar-refractivity contribution in [3.63, 3.8) is 0 Å². The summed E-state index contributed by atoms with van der Waals surface area (Å²) in [5, 5.41) is 6.09. The number of likely N-dealkylation sites (tertiary alicyclic amines) is 1. The van der Waals surface area contributed by atoms with Crippen molar-refractivity contribution in [3.05, 3.63) is 41.8 Å². The van der Waals surface area contributed by atoms with Crippen molar-refractivity contribution in [2.24, 2.45) is 0 Å². The van der Waals surface area contributed by atoms with Gasteiger partial charge in [0.15, 0.2) is 0 Å². The maximum absolute atomic E-state index is 12.9. The predicted octanol–water partition coefficient (Wildman–Crippen LogP) is 3.64. The summed E-state index contributed by atoms with van der Waals surface area (Å²) in [4.78, 5) is 2.69. The van der Waals surface area contributed by atoms with E-state index in [9.17, 15) is 8.42 Å². The molecule has 2 aromatic rings. The lowest BCUT2D eigenvalue weighted by atomic mass is 10.1. The van der Waals surface area contributed by atoms with Gasteiger partial charge in [-0.05, 0) is 69.4 Å². The second kappa shape index (κ2) is 7.86. The molecule has 1 aliphatic rings. The first-order valence-electron chi connectivity index (χ1n) is 8.61. The van der Waals surface area contributed by atoms with E-state index >= 15 is 0 Å². The second-order valence-electron chi connectivity index (χ2n) is 6.62. The van der Waals surface area contributed by atoms with E-state index < -0.39 is 10.0 Å². The van der Waals surface area contributed by atoms with Crippen molar-refractivity contribution < 1.29 is 8.42 Å². The molecule has 0 amide bonds. The number of hydrogen-bond donors (Lipinski definition) is 2. The minimum Gasteiger partial charge on any atom is -0.346 e. The topological polar surface area (TPSA) is 61.4 Å². The summed E-state index contributed by atoms with van der Waals surface area (Å²) < 4.78 is 28.7. The minimum atomic E-state index is -3.56. The summed E-state index contributed by atoms with van der Waals surface area (Å²) in [6.07, 6.45) is 1.69. The van der Waals surface area contributed by atoms with Crippen LogP contribution in [0.5, 0.6) is 0 Å². The normalized spacial score (nSPS) is 17.1. The fourth-order valence-corrected chi connectivity index (χ4v) is 5.20. The van der Waals surface area contributed by atoms with E-state index in [4.69, 9.17) is 0 Å². The lowest BCUT2D eigenvalue weighted by Crippen LogP contribution is -2.46. The zero-order valence-electron chi connectivity index (χ0n) is 14.6. The minimum absolute atomic E-state index is 0.00482. The second-order valence-corrected chi connectivity index (χ2v) is 9.25. The zero-order valence-corrected chi connectivity index (χ0v) is 16.2. The summed E-state index contributed by atoms with van der Waals surface area (Å²) in [5.74, 6) is 0. The van der Waals surface area contributed by atoms with E-state index in [1.807, 2.05) is 23.6 Å². The van der Waals surface area contributed by atoms with E-state index in [1.54, 1.807) is 29.5 Å². The third-order valence-corrected chi connectivity index (χ3v) is 6.90. The molecule has 1 saturated heterocycles. The molecular weight excluding hydrogens is 354 g/mol. The molecule has 1 aromatic heterocycles. The number of thiophene rings is 1. The molecule has 3 rings (SSSR count). The summed E-state index contributed by atoms with van der Waals surface area (Å²) >= 11 is 1.54. The molecule has 136 valence electrons. The molecule has 2 heterocycles. The first kappa shape index (κ1) is 18.4. The van der Waals surface area contributed by atoms with Gasteiger partial charge in [0.2, 0.25) is 10.0 Å². The van der Waals surface area contributed by atoms with Crippen molar-refractivity contribution in [2.75, 3.05) is 18.4 Å². The monoisotopic (exact) mass is 379 g/mol. The molecule has 1 aromatic carbocycles. The first-order chi connectivity index (χ1) is 12.0. The van der Waals surface area contributed by atoms with Gasteiger partial charge in [-0.25, -0.2) is 13.1 Å². The number of hydrogen-bond acceptors (Lipinski definition) is 5. The van der Waals surface area contributed by atoms with Crippen molar-refractivity contribution in [2.45, 2.75) is 43.7 Å². The molecule has 7 heteroatoms. The van der Waals surface area contributed by atoms with Crippen LogP contribution in [0.25, 0.3) is 0 Å². The average Bonchev–Trinajstić information content (AvgIpc) is 3.08. The number of sulfonamides is 1. The van der Waals surface area contributed by atoms with E-state index in [2.05, 4.69) is 28.8 Å². The highest BCUT2D eigenvalue weighted by atomic mass is 32.2. The Labute approximate surface area is 154 Å². The van der Waals surface area contributed by atoms with Gasteiger partial charge in [0.25, 0.3) is 0 Å². The molecule has 0 radical (unpaired) electrons. The fraction of sp³-hybridized carbons (Fsp3) is 0.444. The van der Waals surface area contributed by atoms with Gasteiger partial charge in [-0.2, -0.15) is 0 Å². The summed E-state index contributed by atoms with van der Waals surface area (Å²) in [5.41, 5.74) is 0.608. The zero-order chi connectivity index (χ0) is 17.9. The van der Waals surface area contributed by atoms with Gasteiger partial charge in [-0.1, -0.05) is 12.1 Å². The number of benzene rings is 1. The summed E-state index contributed by atoms with van der Waals surface area (Å²) in [7, 11) is -3.56. The van der Waals surface area contributed by atoms with Crippen LogP contribution in [0.3, 0.4) is 0 Å². The Balaban J connectivity index is 1.72. The number of nitrogens with zero attached hydrogens (tertiary/aromatic N) is 1. The lowest BCUT2D eigenvalue weighted by Gasteiger charge is -2.34. The third kappa shape index (κ3) is 4.61. The molecule has 2 N–H and O–H groups in total. The van der Waals surface area contributed by atoms with Crippen molar-refractivity contribution in [3.8, 4) is 0 Å². The van der Waals surface area contributed by atoms with Crippen LogP contribution in [-0.2, 0) is 10.0 Å². The van der Waals surface area contributed by atoms with Crippen LogP contribution in [-0.4, -0.2) is 38.5 Å². The molecule has 0 unspecified atom stereocenters. The van der Waals surface area contributed by atoms with Crippen molar-refractivity contribution in [1.82, 2.24) is 9.62 Å². The highest BCUT2D eigenvalue weighted by Gasteiger charge is 2.26. The third-order valence-electron chi connectivity index (χ3n) is 4.54. The molecule has 0 spiro atoms. The van der Waals surface area contributed by atoms with Gasteiger partial charge < -0.3 is 10.2 Å². The van der Waals surface area contributed by atoms with E-state index in [0.29, 0.717) is 16.6 Å². The highest BCUT2D eigenvalue weighted by Crippen LogP contribution is 2.28. The maximum atomic E-state index is 12.9. The summed E-state index contributed by atoms with van der Waals surface area (Å²) in [6.45, 7) is 6.22. The molecule has 0 bridgehead atoms. The van der Waals surface area contributed by atoms with Gasteiger partial charge in [0, 0.05) is 12.1 Å². The van der Waals surface area contributed by atoms with Crippen LogP contribution < -0.4 is 10.0 Å². The van der Waals surface area contributed by atoms with Crippen LogP contribution in [0.2, 0.25) is 0 Å². The molecule has 1 fully saturated rings. The quantitative estimate of drug-likeness (QED) is 0.804. The van der Waals surface area contributed by atoms with Crippen LogP contribution in [0.15, 0.2) is 46.7 Å². The number of piperidine rings is 1. The maximum Gasteiger partial charge on any atom is 0.242 e. The van der Waals surface area contributed by atoms with Gasteiger partial charge in [0.05, 0.1) is 10.7 Å². The summed E-state index contributed by atoms with van der Waals surface area (Å²) in [6, 6.07) is 11.4. The molecule has 0 atom stereocenters. The van der Waals surface area contributed by atoms with E-state index in [0.717, 1.165) is 30.9 Å². The van der Waals surface area contributed by atoms with Crippen LogP contribution in [0.1, 0.15) is 26.7 Å². The molecule has 0 aliphatic carbocycles. The Morgan fingerprint density at radius 3 is 2.48 bits per heavy atom. The molecule has 5 nitrogen and oxygen atoms in total. The molecular formula is C18H25N3O2S2. The Hall–Kier alpha value is -1.41. The van der Waals surface area contributed by atoms with E-state index in [-0.39, 0.29) is 6.04 Å². The smallest absolute Gasteiger partial charge is 0.242 e. The average molecular weight is 380 g/mol. The van der Waals surface area contributed by atoms with E-state index in [1.165, 1.54) is 0 Å². The molecule has 25 heavy (non-hydrogen) atoms. The lowest BCUT2D eigenvalue weighted by molar-refractivity contribution is 0.168. The predicted molar refractivity (Wildman–Crippen MR) is 104 cm³/mol. The SMILES string of the molecule is CC(C)N1CCC(NS(=O)(=O)c2ccccc2Nc2cccs2)CC1. The number of rotatable bonds is 6. The fourth-order valence-electron chi connectivity index (χ4n) is 3.10.